The van der Waals surface area contributed by atoms with E-state index in [1.807, 2.05) is 18.4 Å². The first-order valence-corrected chi connectivity index (χ1v) is 6.55. The number of allylic oxidation sites excluding steroid dienone is 1. The van der Waals surface area contributed by atoms with Crippen molar-refractivity contribution in [3.8, 4) is 0 Å². The van der Waals surface area contributed by atoms with Crippen LogP contribution in [0.25, 0.3) is 11.2 Å². The van der Waals surface area contributed by atoms with Crippen molar-refractivity contribution in [3.63, 3.8) is 0 Å². The summed E-state index contributed by atoms with van der Waals surface area (Å²) in [6, 6.07) is 0.0890. The molecule has 0 aromatic carbocycles. The van der Waals surface area contributed by atoms with E-state index >= 15 is 0 Å². The largest absolute Gasteiger partial charge is 0.465 e. The van der Waals surface area contributed by atoms with Crippen molar-refractivity contribution < 1.29 is 9.47 Å². The first kappa shape index (κ1) is 11.7. The molecule has 2 aromatic heterocycles. The number of anilines is 1. The topological polar surface area (TPSA) is 88.1 Å². The molecule has 0 spiro atoms. The molecule has 1 aliphatic carbocycles. The number of nitrogen functional groups attached to an aromatic ring is 1. The molecule has 1 saturated heterocycles. The maximum absolute atomic E-state index is 5.97. The molecule has 0 saturated carbocycles. The van der Waals surface area contributed by atoms with Crippen molar-refractivity contribution in [2.75, 3.05) is 5.73 Å². The summed E-state index contributed by atoms with van der Waals surface area (Å²) in [5, 5.41) is 0. The fraction of sp³-hybridized carbons (Fsp3) is 0.462. The minimum atomic E-state index is -0.584. The number of nitrogens with zero attached hydrogens (tertiary/aromatic N) is 4. The fourth-order valence-electron chi connectivity index (χ4n) is 2.89. The molecule has 7 heteroatoms. The van der Waals surface area contributed by atoms with E-state index in [2.05, 4.69) is 21.0 Å². The van der Waals surface area contributed by atoms with Gasteiger partial charge in [0, 0.05) is 13.8 Å². The number of rotatable bonds is 1. The molecule has 0 unspecified atom stereocenters. The molecule has 0 bridgehead atoms. The molecule has 3 heterocycles. The van der Waals surface area contributed by atoms with E-state index in [4.69, 9.17) is 15.2 Å². The first-order chi connectivity index (χ1) is 9.55. The average molecular weight is 273 g/mol. The molecule has 4 rings (SSSR count). The normalized spacial score (nSPS) is 27.4. The molecule has 0 amide bonds. The summed E-state index contributed by atoms with van der Waals surface area (Å²) in [4.78, 5) is 12.6. The van der Waals surface area contributed by atoms with Gasteiger partial charge in [0.2, 0.25) is 5.79 Å². The number of hydrogen-bond donors (Lipinski definition) is 1. The van der Waals surface area contributed by atoms with Crippen molar-refractivity contribution in [2.45, 2.75) is 38.2 Å². The Morgan fingerprint density at radius 1 is 1.35 bits per heavy atom. The zero-order chi connectivity index (χ0) is 13.9. The van der Waals surface area contributed by atoms with Crippen molar-refractivity contribution >= 4 is 17.0 Å². The Balaban J connectivity index is 1.77. The number of nitrogens with two attached hydrogens (primary N) is 1. The van der Waals surface area contributed by atoms with Crippen LogP contribution in [0.15, 0.2) is 24.5 Å². The Morgan fingerprint density at radius 3 is 3.05 bits per heavy atom. The highest BCUT2D eigenvalue weighted by atomic mass is 16.7. The second kappa shape index (κ2) is 3.69. The SMILES string of the molecule is CC1(C)OC2=CC[C@@H](n3cnc4c(N)ncnc43)[C@@H]2O1. The van der Waals surface area contributed by atoms with E-state index in [-0.39, 0.29) is 12.1 Å². The molecular weight excluding hydrogens is 258 g/mol. The summed E-state index contributed by atoms with van der Waals surface area (Å²) >= 11 is 0. The summed E-state index contributed by atoms with van der Waals surface area (Å²) in [5.74, 6) is 0.701. The van der Waals surface area contributed by atoms with Gasteiger partial charge in [-0.15, -0.1) is 0 Å². The molecule has 1 aliphatic heterocycles. The van der Waals surface area contributed by atoms with Crippen LogP contribution in [-0.2, 0) is 9.47 Å². The van der Waals surface area contributed by atoms with Gasteiger partial charge >= 0.3 is 0 Å². The number of imidazole rings is 1. The Kier molecular flexibility index (Phi) is 2.15. The maximum atomic E-state index is 5.97. The summed E-state index contributed by atoms with van der Waals surface area (Å²) in [5.41, 5.74) is 7.17. The second-order valence-electron chi connectivity index (χ2n) is 5.53. The molecular formula is C13H15N5O2. The number of hydrogen-bond acceptors (Lipinski definition) is 6. The Hall–Kier alpha value is -2.15. The van der Waals surface area contributed by atoms with Gasteiger partial charge < -0.3 is 19.8 Å². The lowest BCUT2D eigenvalue weighted by Gasteiger charge is -2.21. The van der Waals surface area contributed by atoms with Gasteiger partial charge in [-0.25, -0.2) is 15.0 Å². The van der Waals surface area contributed by atoms with Crippen LogP contribution >= 0.6 is 0 Å². The van der Waals surface area contributed by atoms with E-state index in [0.29, 0.717) is 11.3 Å². The van der Waals surface area contributed by atoms with Crippen LogP contribution in [0.4, 0.5) is 5.82 Å². The van der Waals surface area contributed by atoms with Gasteiger partial charge in [-0.3, -0.25) is 0 Å². The van der Waals surface area contributed by atoms with Crippen LogP contribution in [-0.4, -0.2) is 31.4 Å². The van der Waals surface area contributed by atoms with E-state index in [1.165, 1.54) is 6.33 Å². The third-order valence-corrected chi connectivity index (χ3v) is 3.71. The molecule has 20 heavy (non-hydrogen) atoms. The van der Waals surface area contributed by atoms with Gasteiger partial charge in [0.1, 0.15) is 23.7 Å². The smallest absolute Gasteiger partial charge is 0.205 e. The van der Waals surface area contributed by atoms with Crippen molar-refractivity contribution in [2.24, 2.45) is 0 Å². The summed E-state index contributed by atoms with van der Waals surface area (Å²) in [6.45, 7) is 3.82. The zero-order valence-corrected chi connectivity index (χ0v) is 11.3. The Labute approximate surface area is 115 Å². The van der Waals surface area contributed by atoms with Gasteiger partial charge in [-0.05, 0) is 12.5 Å². The molecule has 104 valence electrons. The van der Waals surface area contributed by atoms with Crippen molar-refractivity contribution in [3.05, 3.63) is 24.5 Å². The zero-order valence-electron chi connectivity index (χ0n) is 11.3. The molecule has 2 aromatic rings. The third kappa shape index (κ3) is 1.53. The first-order valence-electron chi connectivity index (χ1n) is 6.55. The average Bonchev–Trinajstić information content (AvgIpc) is 3.01. The van der Waals surface area contributed by atoms with E-state index in [9.17, 15) is 0 Å². The van der Waals surface area contributed by atoms with Crippen LogP contribution in [0.3, 0.4) is 0 Å². The lowest BCUT2D eigenvalue weighted by molar-refractivity contribution is -0.140. The lowest BCUT2D eigenvalue weighted by atomic mass is 10.2. The van der Waals surface area contributed by atoms with Crippen LogP contribution in [0.5, 0.6) is 0 Å². The predicted molar refractivity (Wildman–Crippen MR) is 71.5 cm³/mol. The van der Waals surface area contributed by atoms with Gasteiger partial charge in [-0.1, -0.05) is 0 Å². The summed E-state index contributed by atoms with van der Waals surface area (Å²) in [7, 11) is 0. The Morgan fingerprint density at radius 2 is 2.20 bits per heavy atom. The van der Waals surface area contributed by atoms with Gasteiger partial charge in [-0.2, -0.15) is 0 Å². The molecule has 2 aliphatic rings. The van der Waals surface area contributed by atoms with Crippen LogP contribution in [0, 0.1) is 0 Å². The summed E-state index contributed by atoms with van der Waals surface area (Å²) in [6.07, 6.45) is 5.99. The number of fused-ring (bicyclic) bond motifs is 2. The van der Waals surface area contributed by atoms with Crippen LogP contribution in [0.2, 0.25) is 0 Å². The predicted octanol–water partition coefficient (Wildman–Crippen LogP) is 1.39. The quantitative estimate of drug-likeness (QED) is 0.844. The minimum Gasteiger partial charge on any atom is -0.465 e. The maximum Gasteiger partial charge on any atom is 0.205 e. The Bertz CT molecular complexity index is 721. The summed E-state index contributed by atoms with van der Waals surface area (Å²) < 4.78 is 13.8. The minimum absolute atomic E-state index is 0.0890. The van der Waals surface area contributed by atoms with Gasteiger partial charge in [0.25, 0.3) is 0 Å². The molecule has 1 fully saturated rings. The monoisotopic (exact) mass is 273 g/mol. The molecule has 0 radical (unpaired) electrons. The van der Waals surface area contributed by atoms with Crippen LogP contribution in [0.1, 0.15) is 26.3 Å². The van der Waals surface area contributed by atoms with E-state index < -0.39 is 5.79 Å². The van der Waals surface area contributed by atoms with Gasteiger partial charge in [0.15, 0.2) is 11.5 Å². The van der Waals surface area contributed by atoms with Gasteiger partial charge in [0.05, 0.1) is 12.4 Å². The van der Waals surface area contributed by atoms with E-state index in [1.54, 1.807) is 6.33 Å². The standard InChI is InChI=1S/C13H15N5O2/c1-13(2)19-8-4-3-7(10(8)20-13)18-6-17-9-11(14)15-5-16-12(9)18/h4-7,10H,3H2,1-2H3,(H2,14,15,16)/t7-,10+/m1/s1. The van der Waals surface area contributed by atoms with Crippen LogP contribution < -0.4 is 5.73 Å². The molecule has 2 atom stereocenters. The van der Waals surface area contributed by atoms with Crippen molar-refractivity contribution in [1.29, 1.82) is 0 Å². The highest BCUT2D eigenvalue weighted by Crippen LogP contribution is 2.43. The lowest BCUT2D eigenvalue weighted by Crippen LogP contribution is -2.26. The fourth-order valence-corrected chi connectivity index (χ4v) is 2.89. The second-order valence-corrected chi connectivity index (χ2v) is 5.53. The highest BCUT2D eigenvalue weighted by Gasteiger charge is 2.46. The highest BCUT2D eigenvalue weighted by molar-refractivity contribution is 5.81. The number of ether oxygens (including phenoxy) is 2. The van der Waals surface area contributed by atoms with Crippen molar-refractivity contribution in [1.82, 2.24) is 19.5 Å². The molecule has 2 N–H and O–H groups in total. The third-order valence-electron chi connectivity index (χ3n) is 3.71. The van der Waals surface area contributed by atoms with E-state index in [0.717, 1.165) is 17.8 Å². The molecule has 7 nitrogen and oxygen atoms in total. The number of aromatic nitrogens is 4.